The molecule has 0 aliphatic heterocycles. The quantitative estimate of drug-likeness (QED) is 0.0322. The van der Waals surface area contributed by atoms with Crippen molar-refractivity contribution in [3.63, 3.8) is 0 Å². The van der Waals surface area contributed by atoms with Crippen LogP contribution in [0.4, 0.5) is 0 Å². The first kappa shape index (κ1) is 58.6. The van der Waals surface area contributed by atoms with Crippen LogP contribution in [0.5, 0.6) is 0 Å². The highest BCUT2D eigenvalue weighted by atomic mass is 16.5. The Labute approximate surface area is 374 Å². The third-order valence-corrected chi connectivity index (χ3v) is 12.6. The predicted molar refractivity (Wildman–Crippen MR) is 260 cm³/mol. The topological polar surface area (TPSA) is 95.9 Å². The standard InChI is InChI=1S/C54H105NO5/c1-3-5-7-9-11-13-14-15-16-17-18-22-25-28-32-36-40-44-48-54(59)60-49-45-41-37-33-29-26-23-20-19-21-24-27-31-35-39-43-47-53(58)55-51(50-56)52(57)46-42-38-34-30-12-10-8-6-4-2/h16-17,51-52,56-57H,3-15,18-50H2,1-2H3,(H,55,58)/b17-16-. The lowest BCUT2D eigenvalue weighted by Gasteiger charge is -2.22. The van der Waals surface area contributed by atoms with Crippen molar-refractivity contribution in [1.82, 2.24) is 5.32 Å². The molecule has 6 heteroatoms. The van der Waals surface area contributed by atoms with Gasteiger partial charge in [-0.1, -0.05) is 244 Å². The van der Waals surface area contributed by atoms with Gasteiger partial charge in [-0.05, 0) is 51.4 Å². The van der Waals surface area contributed by atoms with E-state index in [1.165, 1.54) is 218 Å². The average molecular weight is 848 g/mol. The molecule has 356 valence electrons. The van der Waals surface area contributed by atoms with Crippen LogP contribution in [0.15, 0.2) is 12.2 Å². The highest BCUT2D eigenvalue weighted by molar-refractivity contribution is 5.76. The van der Waals surface area contributed by atoms with Gasteiger partial charge in [0.15, 0.2) is 0 Å². The van der Waals surface area contributed by atoms with E-state index in [1.807, 2.05) is 0 Å². The molecule has 0 bridgehead atoms. The number of hydrogen-bond acceptors (Lipinski definition) is 5. The number of aliphatic hydroxyl groups is 2. The van der Waals surface area contributed by atoms with Crippen molar-refractivity contribution in [2.75, 3.05) is 13.2 Å². The summed E-state index contributed by atoms with van der Waals surface area (Å²) in [6.45, 7) is 4.92. The Morgan fingerprint density at radius 1 is 0.450 bits per heavy atom. The van der Waals surface area contributed by atoms with Crippen LogP contribution in [0.1, 0.15) is 296 Å². The fraction of sp³-hybridized carbons (Fsp3) is 0.926. The number of unbranched alkanes of at least 4 members (excludes halogenated alkanes) is 37. The van der Waals surface area contributed by atoms with E-state index in [0.717, 1.165) is 44.9 Å². The smallest absolute Gasteiger partial charge is 0.305 e. The number of nitrogens with one attached hydrogen (secondary N) is 1. The minimum atomic E-state index is -0.666. The fourth-order valence-electron chi connectivity index (χ4n) is 8.40. The molecule has 0 radical (unpaired) electrons. The maximum atomic E-state index is 12.4. The lowest BCUT2D eigenvalue weighted by molar-refractivity contribution is -0.143. The van der Waals surface area contributed by atoms with E-state index in [0.29, 0.717) is 25.9 Å². The second kappa shape index (κ2) is 50.2. The SMILES string of the molecule is CCCCCCCCC/C=C\CCCCCCCCCC(=O)OCCCCCCCCCCCCCCCCCCC(=O)NC(CO)C(O)CCCCCCCCCCC. The van der Waals surface area contributed by atoms with E-state index in [9.17, 15) is 19.8 Å². The highest BCUT2D eigenvalue weighted by Crippen LogP contribution is 2.17. The van der Waals surface area contributed by atoms with Crippen LogP contribution in [-0.2, 0) is 14.3 Å². The zero-order valence-corrected chi connectivity index (χ0v) is 40.5. The van der Waals surface area contributed by atoms with Crippen molar-refractivity contribution in [3.8, 4) is 0 Å². The van der Waals surface area contributed by atoms with Gasteiger partial charge in [0.25, 0.3) is 0 Å². The number of esters is 1. The van der Waals surface area contributed by atoms with Crippen LogP contribution in [0.3, 0.4) is 0 Å². The molecule has 0 saturated carbocycles. The van der Waals surface area contributed by atoms with E-state index in [4.69, 9.17) is 4.74 Å². The molecular formula is C54H105NO5. The monoisotopic (exact) mass is 848 g/mol. The Kier molecular flexibility index (Phi) is 49.1. The van der Waals surface area contributed by atoms with Gasteiger partial charge in [-0.2, -0.15) is 0 Å². The summed E-state index contributed by atoms with van der Waals surface area (Å²) in [4.78, 5) is 24.5. The molecule has 0 aromatic heterocycles. The van der Waals surface area contributed by atoms with Crippen molar-refractivity contribution in [3.05, 3.63) is 12.2 Å². The van der Waals surface area contributed by atoms with Crippen molar-refractivity contribution >= 4 is 11.9 Å². The molecule has 0 aromatic carbocycles. The Balaban J connectivity index is 3.38. The summed E-state index contributed by atoms with van der Waals surface area (Å²) in [6, 6.07) is -0.544. The number of amides is 1. The molecule has 0 aliphatic rings. The summed E-state index contributed by atoms with van der Waals surface area (Å²) in [5.74, 6) is -0.0434. The van der Waals surface area contributed by atoms with Gasteiger partial charge in [-0.25, -0.2) is 0 Å². The second-order valence-electron chi connectivity index (χ2n) is 18.6. The van der Waals surface area contributed by atoms with Crippen LogP contribution >= 0.6 is 0 Å². The molecule has 0 aromatic rings. The lowest BCUT2D eigenvalue weighted by atomic mass is 10.0. The Morgan fingerprint density at radius 2 is 0.783 bits per heavy atom. The molecule has 60 heavy (non-hydrogen) atoms. The maximum absolute atomic E-state index is 12.4. The van der Waals surface area contributed by atoms with Gasteiger partial charge >= 0.3 is 5.97 Å². The van der Waals surface area contributed by atoms with Crippen LogP contribution in [-0.4, -0.2) is 47.4 Å². The Hall–Kier alpha value is -1.40. The summed E-state index contributed by atoms with van der Waals surface area (Å²) in [6.07, 6.45) is 57.7. The Bertz CT molecular complexity index is 893. The minimum absolute atomic E-state index is 0.000284. The zero-order chi connectivity index (χ0) is 43.7. The minimum Gasteiger partial charge on any atom is -0.466 e. The van der Waals surface area contributed by atoms with E-state index in [2.05, 4.69) is 31.3 Å². The van der Waals surface area contributed by atoms with E-state index < -0.39 is 12.1 Å². The molecule has 0 saturated heterocycles. The average Bonchev–Trinajstić information content (AvgIpc) is 3.25. The van der Waals surface area contributed by atoms with Crippen molar-refractivity contribution < 1.29 is 24.5 Å². The number of rotatable bonds is 50. The molecule has 6 nitrogen and oxygen atoms in total. The van der Waals surface area contributed by atoms with Crippen LogP contribution in [0.25, 0.3) is 0 Å². The van der Waals surface area contributed by atoms with Crippen molar-refractivity contribution in [2.24, 2.45) is 0 Å². The highest BCUT2D eigenvalue weighted by Gasteiger charge is 2.20. The van der Waals surface area contributed by atoms with Gasteiger partial charge < -0.3 is 20.3 Å². The van der Waals surface area contributed by atoms with Gasteiger partial charge in [0.05, 0.1) is 25.4 Å². The molecule has 1 amide bonds. The van der Waals surface area contributed by atoms with E-state index in [1.54, 1.807) is 0 Å². The van der Waals surface area contributed by atoms with Gasteiger partial charge in [0.2, 0.25) is 5.91 Å². The molecule has 0 spiro atoms. The van der Waals surface area contributed by atoms with Crippen LogP contribution in [0, 0.1) is 0 Å². The number of ether oxygens (including phenoxy) is 1. The van der Waals surface area contributed by atoms with Gasteiger partial charge in [0.1, 0.15) is 0 Å². The first-order valence-corrected chi connectivity index (χ1v) is 26.9. The summed E-state index contributed by atoms with van der Waals surface area (Å²) < 4.78 is 5.48. The van der Waals surface area contributed by atoms with Gasteiger partial charge in [0, 0.05) is 12.8 Å². The van der Waals surface area contributed by atoms with Gasteiger partial charge in [-0.3, -0.25) is 9.59 Å². The maximum Gasteiger partial charge on any atom is 0.305 e. The third-order valence-electron chi connectivity index (χ3n) is 12.6. The summed E-state index contributed by atoms with van der Waals surface area (Å²) in [7, 11) is 0. The van der Waals surface area contributed by atoms with E-state index in [-0.39, 0.29) is 18.5 Å². The number of allylic oxidation sites excluding steroid dienone is 2. The number of carbonyl (C=O) groups excluding carboxylic acids is 2. The number of aliphatic hydroxyl groups excluding tert-OH is 2. The largest absolute Gasteiger partial charge is 0.466 e. The number of hydrogen-bond donors (Lipinski definition) is 3. The first-order chi connectivity index (χ1) is 29.5. The molecular weight excluding hydrogens is 743 g/mol. The Morgan fingerprint density at radius 3 is 1.18 bits per heavy atom. The normalized spacial score (nSPS) is 12.7. The fourth-order valence-corrected chi connectivity index (χ4v) is 8.40. The molecule has 3 N–H and O–H groups in total. The van der Waals surface area contributed by atoms with Gasteiger partial charge in [-0.15, -0.1) is 0 Å². The zero-order valence-electron chi connectivity index (χ0n) is 40.5. The van der Waals surface area contributed by atoms with Crippen molar-refractivity contribution in [1.29, 1.82) is 0 Å². The molecule has 0 heterocycles. The molecule has 0 aliphatic carbocycles. The molecule has 2 atom stereocenters. The summed E-state index contributed by atoms with van der Waals surface area (Å²) in [5, 5.41) is 23.1. The van der Waals surface area contributed by atoms with Crippen LogP contribution in [0.2, 0.25) is 0 Å². The lowest BCUT2D eigenvalue weighted by Crippen LogP contribution is -2.45. The number of carbonyl (C=O) groups is 2. The molecule has 0 fully saturated rings. The third kappa shape index (κ3) is 46.1. The van der Waals surface area contributed by atoms with Crippen LogP contribution < -0.4 is 5.32 Å². The summed E-state index contributed by atoms with van der Waals surface area (Å²) in [5.41, 5.74) is 0. The second-order valence-corrected chi connectivity index (χ2v) is 18.6. The first-order valence-electron chi connectivity index (χ1n) is 26.9. The van der Waals surface area contributed by atoms with Crippen molar-refractivity contribution in [2.45, 2.75) is 309 Å². The molecule has 2 unspecified atom stereocenters. The van der Waals surface area contributed by atoms with E-state index >= 15 is 0 Å². The summed E-state index contributed by atoms with van der Waals surface area (Å²) >= 11 is 0. The molecule has 0 rings (SSSR count). The predicted octanol–water partition coefficient (Wildman–Crippen LogP) is 16.1.